The van der Waals surface area contributed by atoms with Crippen molar-refractivity contribution in [2.45, 2.75) is 12.4 Å². The van der Waals surface area contributed by atoms with Gasteiger partial charge in [-0.25, -0.2) is 0 Å². The molecule has 1 aliphatic rings. The third-order valence-corrected chi connectivity index (χ3v) is 8.12. The second-order valence-corrected chi connectivity index (χ2v) is 12.0. The van der Waals surface area contributed by atoms with Gasteiger partial charge in [-0.05, 0) is 0 Å². The first kappa shape index (κ1) is 20.3. The summed E-state index contributed by atoms with van der Waals surface area (Å²) in [5.74, 6) is -1.58. The van der Waals surface area contributed by atoms with E-state index in [0.29, 0.717) is 12.1 Å². The summed E-state index contributed by atoms with van der Waals surface area (Å²) < 4.78 is 87.1. The van der Waals surface area contributed by atoms with E-state index >= 15 is 0 Å². The molecule has 1 N–H and O–H groups in total. The number of nitrogens with zero attached hydrogens (tertiary/aromatic N) is 2. The van der Waals surface area contributed by atoms with Gasteiger partial charge < -0.3 is 0 Å². The summed E-state index contributed by atoms with van der Waals surface area (Å²) in [6.45, 7) is 0. The summed E-state index contributed by atoms with van der Waals surface area (Å²) in [6.07, 6.45) is -7.87. The van der Waals surface area contributed by atoms with Crippen LogP contribution in [0.15, 0.2) is 36.6 Å². The minimum atomic E-state index is -4.99. The molecule has 0 amide bonds. The van der Waals surface area contributed by atoms with Gasteiger partial charge in [0.25, 0.3) is 0 Å². The molecule has 1 heterocycles. The van der Waals surface area contributed by atoms with Crippen LogP contribution in [0, 0.1) is 0 Å². The fraction of sp³-hybridized carbons (Fsp3) is 0.200. The van der Waals surface area contributed by atoms with Crippen LogP contribution in [0.1, 0.15) is 16.7 Å². The predicted molar refractivity (Wildman–Crippen MR) is 94.3 cm³/mol. The SMILES string of the molecule is C=I1(/C=C\C(=O)O)CC=NC(c2cc(C(F)(F)F)cc(C(F)(F)F)c2)=N1. The molecule has 26 heavy (non-hydrogen) atoms. The van der Waals surface area contributed by atoms with E-state index in [1.807, 2.05) is 0 Å². The molecule has 0 bridgehead atoms. The molecule has 1 atom stereocenters. The molecular formula is C15H11F6IN2O2. The van der Waals surface area contributed by atoms with Crippen molar-refractivity contribution in [1.29, 1.82) is 0 Å². The summed E-state index contributed by atoms with van der Waals surface area (Å²) in [7, 11) is 0. The Hall–Kier alpha value is -2.05. The van der Waals surface area contributed by atoms with Crippen molar-refractivity contribution in [3.8, 4) is 0 Å². The maximum absolute atomic E-state index is 12.9. The molecule has 0 aromatic heterocycles. The number of carbonyl (C=O) groups is 1. The van der Waals surface area contributed by atoms with Crippen LogP contribution in [-0.2, 0) is 17.1 Å². The number of aliphatic imine (C=N–C) groups is 1. The van der Waals surface area contributed by atoms with Crippen LogP contribution in [0.5, 0.6) is 0 Å². The topological polar surface area (TPSA) is 62.0 Å². The van der Waals surface area contributed by atoms with E-state index < -0.39 is 53.2 Å². The van der Waals surface area contributed by atoms with Crippen LogP contribution in [0.3, 0.4) is 0 Å². The van der Waals surface area contributed by atoms with Gasteiger partial charge in [0.05, 0.1) is 0 Å². The number of amidine groups is 1. The average Bonchev–Trinajstić information content (AvgIpc) is 2.51. The van der Waals surface area contributed by atoms with Crippen LogP contribution in [0.25, 0.3) is 0 Å². The number of hydrogen-bond donors (Lipinski definition) is 1. The van der Waals surface area contributed by atoms with E-state index in [2.05, 4.69) is 12.7 Å². The zero-order chi connectivity index (χ0) is 19.8. The summed E-state index contributed by atoms with van der Waals surface area (Å²) in [4.78, 5) is 14.4. The van der Waals surface area contributed by atoms with Gasteiger partial charge in [-0.2, -0.15) is 0 Å². The van der Waals surface area contributed by atoms with E-state index in [1.54, 1.807) is 0 Å². The van der Waals surface area contributed by atoms with E-state index in [1.165, 1.54) is 10.3 Å². The van der Waals surface area contributed by atoms with Gasteiger partial charge in [0.1, 0.15) is 0 Å². The Bertz CT molecular complexity index is 836. The first-order chi connectivity index (χ1) is 11.8. The van der Waals surface area contributed by atoms with Crippen molar-refractivity contribution in [2.24, 2.45) is 8.20 Å². The molecule has 2 rings (SSSR count). The average molecular weight is 492 g/mol. The molecule has 0 fully saturated rings. The second-order valence-electron chi connectivity index (χ2n) is 5.13. The Morgan fingerprint density at radius 1 is 1.12 bits per heavy atom. The molecule has 0 saturated heterocycles. The zero-order valence-electron chi connectivity index (χ0n) is 12.8. The van der Waals surface area contributed by atoms with Crippen LogP contribution >= 0.6 is 18.2 Å². The Kier molecular flexibility index (Phi) is 5.40. The first-order valence-corrected chi connectivity index (χ1v) is 12.0. The number of aliphatic carboxylic acids is 1. The van der Waals surface area contributed by atoms with E-state index in [4.69, 9.17) is 5.11 Å². The Balaban J connectivity index is 2.60. The van der Waals surface area contributed by atoms with Crippen molar-refractivity contribution in [2.75, 3.05) is 4.43 Å². The van der Waals surface area contributed by atoms with Crippen LogP contribution < -0.4 is 0 Å². The van der Waals surface area contributed by atoms with Gasteiger partial charge in [0.15, 0.2) is 0 Å². The Morgan fingerprint density at radius 2 is 1.65 bits per heavy atom. The number of carboxylic acid groups (broad SMARTS) is 1. The fourth-order valence-corrected chi connectivity index (χ4v) is 5.73. The summed E-state index contributed by atoms with van der Waals surface area (Å²) in [5, 5.41) is 8.68. The molecule has 1 unspecified atom stereocenters. The predicted octanol–water partition coefficient (Wildman–Crippen LogP) is 4.54. The maximum atomic E-state index is 12.9. The number of hydrogen-bond acceptors (Lipinski definition) is 3. The van der Waals surface area contributed by atoms with Gasteiger partial charge in [-0.15, -0.1) is 0 Å². The third-order valence-electron chi connectivity index (χ3n) is 3.08. The third kappa shape index (κ3) is 4.99. The van der Waals surface area contributed by atoms with Gasteiger partial charge in [-0.1, -0.05) is 0 Å². The van der Waals surface area contributed by atoms with Crippen molar-refractivity contribution in [3.63, 3.8) is 0 Å². The van der Waals surface area contributed by atoms with Crippen LogP contribution in [0.4, 0.5) is 26.3 Å². The normalized spacial score (nSPS) is 23.5. The van der Waals surface area contributed by atoms with Crippen LogP contribution in [0.2, 0.25) is 0 Å². The van der Waals surface area contributed by atoms with Gasteiger partial charge in [0, 0.05) is 0 Å². The zero-order valence-corrected chi connectivity index (χ0v) is 14.9. The van der Waals surface area contributed by atoms with Crippen LogP contribution in [-0.4, -0.2) is 32.1 Å². The molecule has 0 spiro atoms. The van der Waals surface area contributed by atoms with Crippen molar-refractivity contribution < 1.29 is 36.2 Å². The Morgan fingerprint density at radius 3 is 2.12 bits per heavy atom. The second kappa shape index (κ2) is 6.93. The number of carboxylic acids is 1. The molecule has 0 aliphatic carbocycles. The van der Waals surface area contributed by atoms with Gasteiger partial charge in [-0.3, -0.25) is 0 Å². The Labute approximate surface area is 147 Å². The van der Waals surface area contributed by atoms with E-state index in [9.17, 15) is 31.1 Å². The number of rotatable bonds is 3. The van der Waals surface area contributed by atoms with Crippen molar-refractivity contribution >= 4 is 40.8 Å². The molecule has 1 aliphatic heterocycles. The first-order valence-electron chi connectivity index (χ1n) is 6.70. The molecule has 0 saturated carbocycles. The molecule has 0 radical (unpaired) electrons. The molecule has 1 aromatic rings. The van der Waals surface area contributed by atoms with E-state index in [-0.39, 0.29) is 16.3 Å². The molecule has 1 aromatic carbocycles. The summed E-state index contributed by atoms with van der Waals surface area (Å²) >= 11 is -3.48. The monoisotopic (exact) mass is 492 g/mol. The molecule has 4 nitrogen and oxygen atoms in total. The quantitative estimate of drug-likeness (QED) is 0.292. The minimum absolute atomic E-state index is 0.0131. The van der Waals surface area contributed by atoms with E-state index in [0.717, 1.165) is 6.08 Å². The van der Waals surface area contributed by atoms with Gasteiger partial charge >= 0.3 is 147 Å². The molecular weight excluding hydrogens is 481 g/mol. The number of alkyl halides is 7. The molecule has 11 heteroatoms. The standard InChI is InChI=1S/C15H11F6IN2O2/c1-22(3-2-12(25)26)4-5-23-13(24-22)9-6-10(14(16,17)18)8-11(7-9)15(19,20)21/h2-3,5-8H,1,4H2,(H,25,26)/b3-2-. The summed E-state index contributed by atoms with van der Waals surface area (Å²) in [6, 6.07) is 1.07. The van der Waals surface area contributed by atoms with Gasteiger partial charge in [0.2, 0.25) is 0 Å². The number of benzene rings is 1. The number of halogens is 7. The van der Waals surface area contributed by atoms with Crippen molar-refractivity contribution in [1.82, 2.24) is 0 Å². The van der Waals surface area contributed by atoms with Crippen molar-refractivity contribution in [3.05, 3.63) is 45.0 Å². The molecule has 142 valence electrons. The summed E-state index contributed by atoms with van der Waals surface area (Å²) in [5.41, 5.74) is -3.41. The fourth-order valence-electron chi connectivity index (χ4n) is 1.91.